The maximum Gasteiger partial charge on any atom is 0.335 e. The highest BCUT2D eigenvalue weighted by atomic mass is 16.6. The Morgan fingerprint density at radius 1 is 0.933 bits per heavy atom. The highest BCUT2D eigenvalue weighted by molar-refractivity contribution is 5.90. The van der Waals surface area contributed by atoms with Crippen LogP contribution >= 0.6 is 0 Å². The molecule has 30 heavy (non-hydrogen) atoms. The Bertz CT molecular complexity index is 1210. The molecule has 0 amide bonds. The molecule has 1 heterocycles. The van der Waals surface area contributed by atoms with Crippen LogP contribution in [0.2, 0.25) is 0 Å². The zero-order chi connectivity index (χ0) is 21.1. The van der Waals surface area contributed by atoms with Gasteiger partial charge in [0.15, 0.2) is 0 Å². The van der Waals surface area contributed by atoms with E-state index >= 15 is 0 Å². The van der Waals surface area contributed by atoms with Crippen molar-refractivity contribution < 1.29 is 14.8 Å². The van der Waals surface area contributed by atoms with Gasteiger partial charge in [-0.2, -0.15) is 0 Å². The Morgan fingerprint density at radius 3 is 2.37 bits per heavy atom. The third kappa shape index (κ3) is 3.93. The van der Waals surface area contributed by atoms with E-state index in [9.17, 15) is 20.0 Å². The molecular formula is C24H20N2O4. The van der Waals surface area contributed by atoms with Crippen molar-refractivity contribution in [2.24, 2.45) is 0 Å². The van der Waals surface area contributed by atoms with Crippen LogP contribution in [0.5, 0.6) is 0 Å². The van der Waals surface area contributed by atoms with Crippen LogP contribution < -0.4 is 0 Å². The minimum absolute atomic E-state index is 0.0917. The van der Waals surface area contributed by atoms with E-state index in [1.165, 1.54) is 18.2 Å². The number of nitrogens with zero attached hydrogens (tertiary/aromatic N) is 2. The van der Waals surface area contributed by atoms with Gasteiger partial charge < -0.3 is 9.67 Å². The predicted octanol–water partition coefficient (Wildman–Crippen LogP) is 5.27. The van der Waals surface area contributed by atoms with E-state index in [1.807, 2.05) is 47.3 Å². The summed E-state index contributed by atoms with van der Waals surface area (Å²) in [5.41, 5.74) is 1.59. The number of aromatic nitrogens is 1. The fourth-order valence-corrected chi connectivity index (χ4v) is 3.92. The van der Waals surface area contributed by atoms with Gasteiger partial charge in [-0.25, -0.2) is 4.79 Å². The summed E-state index contributed by atoms with van der Waals surface area (Å²) in [7, 11) is 0. The molecule has 0 aliphatic heterocycles. The number of non-ortho nitro benzene ring substituents is 1. The number of hydrogen-bond acceptors (Lipinski definition) is 3. The second kappa shape index (κ2) is 8.21. The molecule has 4 rings (SSSR count). The molecule has 1 atom stereocenters. The fraction of sp³-hybridized carbons (Fsp3) is 0.125. The fourth-order valence-electron chi connectivity index (χ4n) is 3.92. The number of carbonyl (C=O) groups is 1. The minimum Gasteiger partial charge on any atom is -0.478 e. The SMILES string of the molecule is O=C(O)c1ccc([N+](=O)[O-])cc1C[C@H](Cc1cccc2ccccc12)n1cccc1. The van der Waals surface area contributed by atoms with Crippen LogP contribution in [0.4, 0.5) is 5.69 Å². The smallest absolute Gasteiger partial charge is 0.335 e. The van der Waals surface area contributed by atoms with Crippen molar-refractivity contribution >= 4 is 22.4 Å². The van der Waals surface area contributed by atoms with Gasteiger partial charge in [-0.3, -0.25) is 10.1 Å². The van der Waals surface area contributed by atoms with Crippen molar-refractivity contribution in [1.29, 1.82) is 0 Å². The van der Waals surface area contributed by atoms with Gasteiger partial charge in [0, 0.05) is 30.6 Å². The van der Waals surface area contributed by atoms with E-state index in [2.05, 4.69) is 24.3 Å². The monoisotopic (exact) mass is 400 g/mol. The summed E-state index contributed by atoms with van der Waals surface area (Å²) in [5.74, 6) is -1.09. The average molecular weight is 400 g/mol. The lowest BCUT2D eigenvalue weighted by molar-refractivity contribution is -0.384. The molecule has 4 aromatic rings. The van der Waals surface area contributed by atoms with E-state index < -0.39 is 10.9 Å². The van der Waals surface area contributed by atoms with Gasteiger partial charge in [0.1, 0.15) is 0 Å². The number of fused-ring (bicyclic) bond motifs is 1. The average Bonchev–Trinajstić information content (AvgIpc) is 3.28. The molecule has 0 unspecified atom stereocenters. The Morgan fingerprint density at radius 2 is 1.63 bits per heavy atom. The first-order chi connectivity index (χ1) is 14.5. The molecule has 0 aliphatic carbocycles. The molecule has 0 saturated heterocycles. The second-order valence-corrected chi connectivity index (χ2v) is 7.23. The highest BCUT2D eigenvalue weighted by Gasteiger charge is 2.20. The molecule has 6 nitrogen and oxygen atoms in total. The molecule has 0 aliphatic rings. The number of carboxylic acid groups (broad SMARTS) is 1. The summed E-state index contributed by atoms with van der Waals surface area (Å²) in [6, 6.07) is 22.0. The number of rotatable bonds is 7. The first-order valence-corrected chi connectivity index (χ1v) is 9.62. The van der Waals surface area contributed by atoms with Crippen molar-refractivity contribution in [3.63, 3.8) is 0 Å². The van der Waals surface area contributed by atoms with Gasteiger partial charge in [-0.1, -0.05) is 42.5 Å². The Balaban J connectivity index is 1.75. The first-order valence-electron chi connectivity index (χ1n) is 9.62. The lowest BCUT2D eigenvalue weighted by Crippen LogP contribution is -2.16. The van der Waals surface area contributed by atoms with E-state index in [4.69, 9.17) is 0 Å². The maximum absolute atomic E-state index is 11.7. The maximum atomic E-state index is 11.7. The number of hydrogen-bond donors (Lipinski definition) is 1. The van der Waals surface area contributed by atoms with Crippen LogP contribution in [0.1, 0.15) is 27.5 Å². The van der Waals surface area contributed by atoms with Crippen LogP contribution in [-0.4, -0.2) is 20.6 Å². The van der Waals surface area contributed by atoms with Crippen LogP contribution in [0, 0.1) is 10.1 Å². The van der Waals surface area contributed by atoms with Crippen molar-refractivity contribution in [2.45, 2.75) is 18.9 Å². The Labute approximate surface area is 173 Å². The Kier molecular flexibility index (Phi) is 5.30. The molecule has 6 heteroatoms. The lowest BCUT2D eigenvalue weighted by Gasteiger charge is -2.21. The van der Waals surface area contributed by atoms with Crippen molar-refractivity contribution in [3.05, 3.63) is 112 Å². The summed E-state index contributed by atoms with van der Waals surface area (Å²) in [4.78, 5) is 22.5. The highest BCUT2D eigenvalue weighted by Crippen LogP contribution is 2.28. The molecule has 0 saturated carbocycles. The standard InChI is InChI=1S/C24H20N2O4/c27-24(28)23-11-10-20(26(29)30)15-19(23)16-21(25-12-3-4-13-25)14-18-8-5-7-17-6-1-2-9-22(17)18/h1-13,15,21H,14,16H2,(H,27,28)/t21-/m0/s1. The third-order valence-electron chi connectivity index (χ3n) is 5.37. The number of nitro benzene ring substituents is 1. The number of aromatic carboxylic acids is 1. The third-order valence-corrected chi connectivity index (χ3v) is 5.37. The molecule has 0 radical (unpaired) electrons. The van der Waals surface area contributed by atoms with E-state index in [0.29, 0.717) is 18.4 Å². The molecule has 3 aromatic carbocycles. The minimum atomic E-state index is -1.09. The summed E-state index contributed by atoms with van der Waals surface area (Å²) in [6.07, 6.45) is 4.90. The van der Waals surface area contributed by atoms with Gasteiger partial charge >= 0.3 is 5.97 Å². The zero-order valence-corrected chi connectivity index (χ0v) is 16.1. The number of benzene rings is 3. The lowest BCUT2D eigenvalue weighted by atomic mass is 9.93. The second-order valence-electron chi connectivity index (χ2n) is 7.23. The van der Waals surface area contributed by atoms with E-state index in [1.54, 1.807) is 0 Å². The van der Waals surface area contributed by atoms with Gasteiger partial charge in [-0.15, -0.1) is 0 Å². The summed E-state index contributed by atoms with van der Waals surface area (Å²) >= 11 is 0. The molecule has 1 aromatic heterocycles. The van der Waals surface area contributed by atoms with Crippen LogP contribution in [0.25, 0.3) is 10.8 Å². The Hall–Kier alpha value is -3.93. The molecule has 0 bridgehead atoms. The van der Waals surface area contributed by atoms with Gasteiger partial charge in [0.2, 0.25) is 0 Å². The quantitative estimate of drug-likeness (QED) is 0.338. The molecule has 0 fully saturated rings. The summed E-state index contributed by atoms with van der Waals surface area (Å²) < 4.78 is 2.03. The molecule has 150 valence electrons. The first kappa shape index (κ1) is 19.4. The van der Waals surface area contributed by atoms with E-state index in [0.717, 1.165) is 16.3 Å². The summed E-state index contributed by atoms with van der Waals surface area (Å²) in [5, 5.41) is 23.1. The van der Waals surface area contributed by atoms with E-state index in [-0.39, 0.29) is 17.3 Å². The van der Waals surface area contributed by atoms with Crippen LogP contribution in [0.15, 0.2) is 85.2 Å². The zero-order valence-electron chi connectivity index (χ0n) is 16.1. The predicted molar refractivity (Wildman–Crippen MR) is 115 cm³/mol. The van der Waals surface area contributed by atoms with Crippen LogP contribution in [0.3, 0.4) is 0 Å². The van der Waals surface area contributed by atoms with Gasteiger partial charge in [0.05, 0.1) is 10.5 Å². The molecular weight excluding hydrogens is 380 g/mol. The summed E-state index contributed by atoms with van der Waals surface area (Å²) in [6.45, 7) is 0. The number of carboxylic acids is 1. The van der Waals surface area contributed by atoms with Gasteiger partial charge in [0.25, 0.3) is 5.69 Å². The molecule has 0 spiro atoms. The topological polar surface area (TPSA) is 85.4 Å². The normalized spacial score (nSPS) is 12.0. The van der Waals surface area contributed by atoms with Crippen molar-refractivity contribution in [3.8, 4) is 0 Å². The van der Waals surface area contributed by atoms with Crippen molar-refractivity contribution in [2.75, 3.05) is 0 Å². The molecule has 1 N–H and O–H groups in total. The van der Waals surface area contributed by atoms with Gasteiger partial charge in [-0.05, 0) is 52.9 Å². The van der Waals surface area contributed by atoms with Crippen molar-refractivity contribution in [1.82, 2.24) is 4.57 Å². The largest absolute Gasteiger partial charge is 0.478 e. The van der Waals surface area contributed by atoms with Crippen LogP contribution in [-0.2, 0) is 12.8 Å². The number of nitro groups is 1.